The van der Waals surface area contributed by atoms with Crippen molar-refractivity contribution in [1.29, 1.82) is 0 Å². The highest BCUT2D eigenvalue weighted by Gasteiger charge is 2.12. The maximum atomic E-state index is 11.9. The molecule has 0 aliphatic rings. The summed E-state index contributed by atoms with van der Waals surface area (Å²) in [7, 11) is -3.48. The summed E-state index contributed by atoms with van der Waals surface area (Å²) in [5.41, 5.74) is 2.95. The molecule has 20 heavy (non-hydrogen) atoms. The maximum Gasteiger partial charge on any atom is 0.335 e. The van der Waals surface area contributed by atoms with E-state index in [1.807, 2.05) is 0 Å². The van der Waals surface area contributed by atoms with E-state index in [0.717, 1.165) is 0 Å². The quantitative estimate of drug-likeness (QED) is 0.842. The number of rotatable bonds is 6. The second-order valence-electron chi connectivity index (χ2n) is 4.06. The Bertz CT molecular complexity index is 679. The third-order valence-corrected chi connectivity index (χ3v) is 4.45. The second kappa shape index (κ2) is 6.12. The molecule has 0 aliphatic carbocycles. The second-order valence-corrected chi connectivity index (χ2v) is 6.59. The van der Waals surface area contributed by atoms with E-state index in [9.17, 15) is 13.2 Å². The molecule has 0 unspecified atom stereocenters. The fourth-order valence-corrected chi connectivity index (χ4v) is 3.18. The molecule has 0 spiro atoms. The molecule has 0 aliphatic heterocycles. The largest absolute Gasteiger partial charge is 0.478 e. The van der Waals surface area contributed by atoms with Crippen LogP contribution < -0.4 is 4.72 Å². The van der Waals surface area contributed by atoms with Crippen LogP contribution in [0.5, 0.6) is 0 Å². The average molecular weight is 312 g/mol. The number of carboxylic acids is 1. The van der Waals surface area contributed by atoms with Gasteiger partial charge in [-0.05, 0) is 17.7 Å². The van der Waals surface area contributed by atoms with Gasteiger partial charge in [0.2, 0.25) is 10.0 Å². The first kappa shape index (κ1) is 14.6. The van der Waals surface area contributed by atoms with Gasteiger partial charge in [-0.15, -0.1) is 11.3 Å². The molecule has 1 heterocycles. The molecule has 2 N–H and O–H groups in total. The van der Waals surface area contributed by atoms with Crippen LogP contribution in [0.15, 0.2) is 35.2 Å². The Morgan fingerprint density at radius 1 is 1.30 bits per heavy atom. The van der Waals surface area contributed by atoms with Gasteiger partial charge in [-0.1, -0.05) is 12.1 Å². The molecule has 8 heteroatoms. The zero-order valence-corrected chi connectivity index (χ0v) is 11.9. The van der Waals surface area contributed by atoms with Crippen molar-refractivity contribution in [2.75, 3.05) is 0 Å². The molecule has 1 aromatic heterocycles. The Labute approximate surface area is 120 Å². The molecular weight excluding hydrogens is 300 g/mol. The summed E-state index contributed by atoms with van der Waals surface area (Å²) in [4.78, 5) is 14.7. The summed E-state index contributed by atoms with van der Waals surface area (Å²) in [5, 5.41) is 10.5. The SMILES string of the molecule is O=C(O)c1ccc(CS(=O)(=O)NCc2cscn2)cc1. The topological polar surface area (TPSA) is 96.4 Å². The molecule has 1 aromatic carbocycles. The van der Waals surface area contributed by atoms with Gasteiger partial charge < -0.3 is 5.11 Å². The number of nitrogens with one attached hydrogen (secondary N) is 1. The number of sulfonamides is 1. The van der Waals surface area contributed by atoms with E-state index in [0.29, 0.717) is 11.3 Å². The molecule has 0 saturated carbocycles. The van der Waals surface area contributed by atoms with Crippen molar-refractivity contribution in [1.82, 2.24) is 9.71 Å². The lowest BCUT2D eigenvalue weighted by Gasteiger charge is -2.05. The van der Waals surface area contributed by atoms with E-state index in [2.05, 4.69) is 9.71 Å². The number of nitrogens with zero attached hydrogens (tertiary/aromatic N) is 1. The standard InChI is InChI=1S/C12H12N2O4S2/c15-12(16)10-3-1-9(2-4-10)7-20(17,18)14-5-11-6-19-8-13-11/h1-4,6,8,14H,5,7H2,(H,15,16). The third kappa shape index (κ3) is 4.12. The van der Waals surface area contributed by atoms with Crippen LogP contribution in [0.3, 0.4) is 0 Å². The summed E-state index contributed by atoms with van der Waals surface area (Å²) in [6.45, 7) is 0.152. The van der Waals surface area contributed by atoms with Crippen LogP contribution in [0.4, 0.5) is 0 Å². The van der Waals surface area contributed by atoms with E-state index in [-0.39, 0.29) is 17.9 Å². The normalized spacial score (nSPS) is 11.4. The summed E-state index contributed by atoms with van der Waals surface area (Å²) < 4.78 is 26.2. The number of carboxylic acid groups (broad SMARTS) is 1. The van der Waals surface area contributed by atoms with Gasteiger partial charge in [-0.2, -0.15) is 0 Å². The Morgan fingerprint density at radius 2 is 2.00 bits per heavy atom. The summed E-state index contributed by atoms with van der Waals surface area (Å²) >= 11 is 1.40. The molecule has 0 saturated heterocycles. The van der Waals surface area contributed by atoms with E-state index < -0.39 is 16.0 Å². The lowest BCUT2D eigenvalue weighted by atomic mass is 10.1. The molecule has 2 aromatic rings. The Kier molecular flexibility index (Phi) is 4.48. The van der Waals surface area contributed by atoms with Crippen molar-refractivity contribution in [2.24, 2.45) is 0 Å². The van der Waals surface area contributed by atoms with Gasteiger partial charge in [-0.3, -0.25) is 0 Å². The van der Waals surface area contributed by atoms with Crippen LogP contribution >= 0.6 is 11.3 Å². The predicted octanol–water partition coefficient (Wildman–Crippen LogP) is 1.46. The third-order valence-electron chi connectivity index (χ3n) is 2.51. The number of aromatic nitrogens is 1. The van der Waals surface area contributed by atoms with Crippen molar-refractivity contribution in [3.8, 4) is 0 Å². The summed E-state index contributed by atoms with van der Waals surface area (Å²) in [6.07, 6.45) is 0. The number of hydrogen-bond acceptors (Lipinski definition) is 5. The van der Waals surface area contributed by atoms with Crippen molar-refractivity contribution in [2.45, 2.75) is 12.3 Å². The highest BCUT2D eigenvalue weighted by Crippen LogP contribution is 2.09. The van der Waals surface area contributed by atoms with Crippen LogP contribution in [0.25, 0.3) is 0 Å². The number of carbonyl (C=O) groups is 1. The molecule has 0 radical (unpaired) electrons. The fourth-order valence-electron chi connectivity index (χ4n) is 1.52. The first-order chi connectivity index (χ1) is 9.46. The molecule has 0 bridgehead atoms. The van der Waals surface area contributed by atoms with Crippen molar-refractivity contribution >= 4 is 27.3 Å². The van der Waals surface area contributed by atoms with Gasteiger partial charge in [0.1, 0.15) is 0 Å². The predicted molar refractivity (Wildman–Crippen MR) is 75.0 cm³/mol. The number of hydrogen-bond donors (Lipinski definition) is 2. The zero-order valence-electron chi connectivity index (χ0n) is 10.3. The Morgan fingerprint density at radius 3 is 2.55 bits per heavy atom. The smallest absolute Gasteiger partial charge is 0.335 e. The highest BCUT2D eigenvalue weighted by atomic mass is 32.2. The molecule has 106 valence electrons. The molecule has 2 rings (SSSR count). The first-order valence-electron chi connectivity index (χ1n) is 5.63. The van der Waals surface area contributed by atoms with E-state index in [4.69, 9.17) is 5.11 Å². The molecule has 0 fully saturated rings. The molecule has 0 amide bonds. The summed E-state index contributed by atoms with van der Waals surface area (Å²) in [6, 6.07) is 5.75. The molecule has 0 atom stereocenters. The van der Waals surface area contributed by atoms with Crippen LogP contribution in [0, 0.1) is 0 Å². The van der Waals surface area contributed by atoms with Crippen molar-refractivity contribution in [3.05, 3.63) is 52.0 Å². The number of aromatic carboxylic acids is 1. The number of thiazole rings is 1. The van der Waals surface area contributed by atoms with E-state index in [1.54, 1.807) is 10.9 Å². The minimum Gasteiger partial charge on any atom is -0.478 e. The number of benzene rings is 1. The van der Waals surface area contributed by atoms with Gasteiger partial charge >= 0.3 is 5.97 Å². The zero-order chi connectivity index (χ0) is 14.6. The first-order valence-corrected chi connectivity index (χ1v) is 8.22. The van der Waals surface area contributed by atoms with Gasteiger partial charge in [-0.25, -0.2) is 22.9 Å². The highest BCUT2D eigenvalue weighted by molar-refractivity contribution is 7.88. The van der Waals surface area contributed by atoms with Gasteiger partial charge in [0, 0.05) is 5.38 Å². The van der Waals surface area contributed by atoms with Crippen LogP contribution in [-0.4, -0.2) is 24.5 Å². The van der Waals surface area contributed by atoms with Gasteiger partial charge in [0.15, 0.2) is 0 Å². The monoisotopic (exact) mass is 312 g/mol. The Hall–Kier alpha value is -1.77. The molecule has 6 nitrogen and oxygen atoms in total. The van der Waals surface area contributed by atoms with Gasteiger partial charge in [0.25, 0.3) is 0 Å². The average Bonchev–Trinajstić information content (AvgIpc) is 2.90. The maximum absolute atomic E-state index is 11.9. The van der Waals surface area contributed by atoms with Crippen molar-refractivity contribution < 1.29 is 18.3 Å². The fraction of sp³-hybridized carbons (Fsp3) is 0.167. The minimum absolute atomic E-state index is 0.126. The minimum atomic E-state index is -3.48. The lowest BCUT2D eigenvalue weighted by molar-refractivity contribution is 0.0697. The van der Waals surface area contributed by atoms with E-state index >= 15 is 0 Å². The van der Waals surface area contributed by atoms with Crippen LogP contribution in [0.1, 0.15) is 21.6 Å². The lowest BCUT2D eigenvalue weighted by Crippen LogP contribution is -2.24. The van der Waals surface area contributed by atoms with Gasteiger partial charge in [0.05, 0.1) is 29.1 Å². The summed E-state index contributed by atoms with van der Waals surface area (Å²) in [5.74, 6) is -1.24. The van der Waals surface area contributed by atoms with Crippen LogP contribution in [-0.2, 0) is 22.3 Å². The van der Waals surface area contributed by atoms with Crippen LogP contribution in [0.2, 0.25) is 0 Å². The Balaban J connectivity index is 1.98. The molecular formula is C12H12N2O4S2. The van der Waals surface area contributed by atoms with E-state index in [1.165, 1.54) is 35.6 Å². The van der Waals surface area contributed by atoms with Crippen molar-refractivity contribution in [3.63, 3.8) is 0 Å².